The number of ketones is 1. The van der Waals surface area contributed by atoms with E-state index in [2.05, 4.69) is 5.32 Å². The topological polar surface area (TPSA) is 86.7 Å². The number of hydrogen-bond donors (Lipinski definition) is 2. The molecule has 2 rings (SSSR count). The van der Waals surface area contributed by atoms with Crippen LogP contribution in [-0.4, -0.2) is 39.9 Å². The number of thiophene rings is 1. The number of likely N-dealkylation sites (tertiary alicyclic amines) is 1. The van der Waals surface area contributed by atoms with Crippen LogP contribution in [-0.2, 0) is 9.59 Å². The fraction of sp³-hybridized carbons (Fsp3) is 0.588. The number of Topliss-reactive ketones (excluding diaryl/α,β-unsaturated/α-hetero) is 1. The maximum atomic E-state index is 13.2. The third kappa shape index (κ3) is 2.92. The Bertz CT molecular complexity index is 670. The molecule has 1 aromatic rings. The van der Waals surface area contributed by atoms with Crippen LogP contribution in [0.2, 0.25) is 0 Å². The van der Waals surface area contributed by atoms with Gasteiger partial charge in [0.05, 0.1) is 5.69 Å². The Labute approximate surface area is 145 Å². The minimum Gasteiger partial charge on any atom is -0.465 e. The molecule has 1 aromatic heterocycles. The lowest BCUT2D eigenvalue weighted by molar-refractivity contribution is -0.145. The number of nitrogens with zero attached hydrogens (tertiary/aromatic N) is 1. The van der Waals surface area contributed by atoms with Crippen LogP contribution in [0.25, 0.3) is 0 Å². The highest BCUT2D eigenvalue weighted by molar-refractivity contribution is 7.10. The lowest BCUT2D eigenvalue weighted by Crippen LogP contribution is -2.68. The molecule has 1 fully saturated rings. The van der Waals surface area contributed by atoms with Crippen LogP contribution in [0.3, 0.4) is 0 Å². The summed E-state index contributed by atoms with van der Waals surface area (Å²) in [6.07, 6.45) is -1.13. The summed E-state index contributed by atoms with van der Waals surface area (Å²) in [4.78, 5) is 39.3. The molecule has 1 atom stereocenters. The monoisotopic (exact) mass is 352 g/mol. The Hall–Kier alpha value is -1.89. The second-order valence-electron chi connectivity index (χ2n) is 7.31. The molecule has 0 bridgehead atoms. The molecule has 0 saturated carbocycles. The molecule has 132 valence electrons. The fourth-order valence-electron chi connectivity index (χ4n) is 3.34. The smallest absolute Gasteiger partial charge is 0.408 e. The van der Waals surface area contributed by atoms with E-state index in [0.29, 0.717) is 5.69 Å². The molecule has 0 aromatic carbocycles. The van der Waals surface area contributed by atoms with Crippen LogP contribution in [0.5, 0.6) is 0 Å². The number of anilines is 1. The van der Waals surface area contributed by atoms with E-state index in [1.54, 1.807) is 20.8 Å². The normalized spacial score (nSPS) is 21.7. The van der Waals surface area contributed by atoms with Gasteiger partial charge in [0.15, 0.2) is 0 Å². The molecule has 24 heavy (non-hydrogen) atoms. The van der Waals surface area contributed by atoms with Crippen LogP contribution in [0.1, 0.15) is 44.1 Å². The first-order chi connectivity index (χ1) is 11.0. The van der Waals surface area contributed by atoms with Crippen molar-refractivity contribution in [3.63, 3.8) is 0 Å². The summed E-state index contributed by atoms with van der Waals surface area (Å²) < 4.78 is 0. The van der Waals surface area contributed by atoms with Gasteiger partial charge in [0.2, 0.25) is 0 Å². The number of carboxylic acid groups (broad SMARTS) is 1. The molecule has 1 aliphatic rings. The van der Waals surface area contributed by atoms with Crippen LogP contribution >= 0.6 is 11.3 Å². The number of rotatable bonds is 2. The van der Waals surface area contributed by atoms with Gasteiger partial charge in [0.1, 0.15) is 11.3 Å². The highest BCUT2D eigenvalue weighted by Crippen LogP contribution is 2.43. The summed E-state index contributed by atoms with van der Waals surface area (Å²) in [7, 11) is 0. The van der Waals surface area contributed by atoms with Gasteiger partial charge in [-0.2, -0.15) is 0 Å². The Morgan fingerprint density at radius 1 is 1.33 bits per heavy atom. The molecule has 2 N–H and O–H groups in total. The van der Waals surface area contributed by atoms with Gasteiger partial charge in [-0.05, 0) is 30.2 Å². The van der Waals surface area contributed by atoms with Crippen molar-refractivity contribution in [2.75, 3.05) is 11.9 Å². The summed E-state index contributed by atoms with van der Waals surface area (Å²) in [5, 5.41) is 14.5. The third-order valence-electron chi connectivity index (χ3n) is 4.77. The minimum atomic E-state index is -1.42. The summed E-state index contributed by atoms with van der Waals surface area (Å²) in [5.74, 6) is -0.522. The van der Waals surface area contributed by atoms with Gasteiger partial charge in [0, 0.05) is 24.3 Å². The van der Waals surface area contributed by atoms with Crippen molar-refractivity contribution in [3.05, 3.63) is 15.8 Å². The standard InChI is InChI=1S/C17H24N2O4S/c1-10-9-24-11(2)13(10)18-14(21)17(16(3,4)5)8-12(20)6-7-19(17)15(22)23/h9H,6-8H2,1-5H3,(H,18,21)(H,22,23). The van der Waals surface area contributed by atoms with Crippen LogP contribution in [0, 0.1) is 19.3 Å². The van der Waals surface area contributed by atoms with E-state index < -0.39 is 23.0 Å². The van der Waals surface area contributed by atoms with Crippen molar-refractivity contribution in [1.29, 1.82) is 0 Å². The fourth-order valence-corrected chi connectivity index (χ4v) is 4.15. The number of aryl methyl sites for hydroxylation is 2. The molecule has 2 heterocycles. The second-order valence-corrected chi connectivity index (χ2v) is 8.40. The molecule has 6 nitrogen and oxygen atoms in total. The Morgan fingerprint density at radius 3 is 2.42 bits per heavy atom. The molecule has 0 aliphatic carbocycles. The first-order valence-corrected chi connectivity index (χ1v) is 8.77. The molecule has 0 radical (unpaired) electrons. The number of amides is 2. The quantitative estimate of drug-likeness (QED) is 0.854. The summed E-state index contributed by atoms with van der Waals surface area (Å²) >= 11 is 1.52. The molecule has 1 aliphatic heterocycles. The minimum absolute atomic E-state index is 0.0421. The number of piperidine rings is 1. The van der Waals surface area contributed by atoms with E-state index in [9.17, 15) is 19.5 Å². The van der Waals surface area contributed by atoms with Gasteiger partial charge < -0.3 is 10.4 Å². The molecule has 1 unspecified atom stereocenters. The van der Waals surface area contributed by atoms with E-state index in [1.165, 1.54) is 11.3 Å². The van der Waals surface area contributed by atoms with Crippen LogP contribution in [0.4, 0.5) is 10.5 Å². The van der Waals surface area contributed by atoms with E-state index in [1.807, 2.05) is 19.2 Å². The first-order valence-electron chi connectivity index (χ1n) is 7.89. The average Bonchev–Trinajstić information content (AvgIpc) is 2.77. The van der Waals surface area contributed by atoms with Gasteiger partial charge in [-0.25, -0.2) is 4.79 Å². The first kappa shape index (κ1) is 18.4. The summed E-state index contributed by atoms with van der Waals surface area (Å²) in [6.45, 7) is 9.24. The SMILES string of the molecule is Cc1csc(C)c1NC(=O)C1(C(C)(C)C)CC(=O)CCN1C(=O)O. The largest absolute Gasteiger partial charge is 0.465 e. The van der Waals surface area contributed by atoms with E-state index in [0.717, 1.165) is 15.3 Å². The van der Waals surface area contributed by atoms with Crippen LogP contribution < -0.4 is 5.32 Å². The maximum Gasteiger partial charge on any atom is 0.408 e. The van der Waals surface area contributed by atoms with Crippen molar-refractivity contribution in [1.82, 2.24) is 4.90 Å². The zero-order valence-electron chi connectivity index (χ0n) is 14.7. The van der Waals surface area contributed by atoms with Gasteiger partial charge >= 0.3 is 6.09 Å². The predicted octanol–water partition coefficient (Wildman–Crippen LogP) is 3.43. The zero-order chi connectivity index (χ0) is 18.3. The number of carbonyl (C=O) groups excluding carboxylic acids is 2. The van der Waals surface area contributed by atoms with Gasteiger partial charge in [-0.3, -0.25) is 14.5 Å². The highest BCUT2D eigenvalue weighted by Gasteiger charge is 2.57. The lowest BCUT2D eigenvalue weighted by Gasteiger charge is -2.51. The molecular weight excluding hydrogens is 328 g/mol. The van der Waals surface area contributed by atoms with Crippen molar-refractivity contribution in [2.45, 2.75) is 53.0 Å². The van der Waals surface area contributed by atoms with Gasteiger partial charge in [-0.15, -0.1) is 11.3 Å². The van der Waals surface area contributed by atoms with Crippen LogP contribution in [0.15, 0.2) is 5.38 Å². The molecular formula is C17H24N2O4S. The zero-order valence-corrected chi connectivity index (χ0v) is 15.5. The van der Waals surface area contributed by atoms with Crippen molar-refractivity contribution >= 4 is 34.8 Å². The summed E-state index contributed by atoms with van der Waals surface area (Å²) in [6, 6.07) is 0. The highest BCUT2D eigenvalue weighted by atomic mass is 32.1. The molecule has 1 saturated heterocycles. The second kappa shape index (κ2) is 6.20. The summed E-state index contributed by atoms with van der Waals surface area (Å²) in [5.41, 5.74) is -0.519. The van der Waals surface area contributed by atoms with E-state index in [-0.39, 0.29) is 25.2 Å². The number of nitrogens with one attached hydrogen (secondary N) is 1. The van der Waals surface area contributed by atoms with Gasteiger partial charge in [0.25, 0.3) is 5.91 Å². The van der Waals surface area contributed by atoms with Gasteiger partial charge in [-0.1, -0.05) is 20.8 Å². The average molecular weight is 352 g/mol. The Balaban J connectivity index is 2.52. The molecule has 2 amide bonds. The number of carbonyl (C=O) groups is 3. The predicted molar refractivity (Wildman–Crippen MR) is 93.6 cm³/mol. The van der Waals surface area contributed by atoms with E-state index >= 15 is 0 Å². The van der Waals surface area contributed by atoms with Crippen molar-refractivity contribution in [3.8, 4) is 0 Å². The Morgan fingerprint density at radius 2 is 1.96 bits per heavy atom. The van der Waals surface area contributed by atoms with Crippen molar-refractivity contribution in [2.24, 2.45) is 5.41 Å². The lowest BCUT2D eigenvalue weighted by atomic mass is 9.67. The molecule has 0 spiro atoms. The number of hydrogen-bond acceptors (Lipinski definition) is 4. The molecule has 7 heteroatoms. The Kier molecular flexibility index (Phi) is 4.77. The van der Waals surface area contributed by atoms with E-state index in [4.69, 9.17) is 0 Å². The maximum absolute atomic E-state index is 13.2. The van der Waals surface area contributed by atoms with Crippen molar-refractivity contribution < 1.29 is 19.5 Å². The third-order valence-corrected chi connectivity index (χ3v) is 5.80.